The quantitative estimate of drug-likeness (QED) is 0.628. The molecule has 8 nitrogen and oxygen atoms in total. The molecule has 0 aliphatic rings. The predicted molar refractivity (Wildman–Crippen MR) is 98.3 cm³/mol. The molecular formula is C18H25N3O5. The Morgan fingerprint density at radius 2 is 1.85 bits per heavy atom. The fourth-order valence-corrected chi connectivity index (χ4v) is 2.75. The van der Waals surface area contributed by atoms with E-state index < -0.39 is 0 Å². The molecule has 0 spiro atoms. The van der Waals surface area contributed by atoms with E-state index in [9.17, 15) is 4.79 Å². The summed E-state index contributed by atoms with van der Waals surface area (Å²) in [6.07, 6.45) is 2.50. The highest BCUT2D eigenvalue weighted by Crippen LogP contribution is 2.44. The van der Waals surface area contributed by atoms with Crippen LogP contribution in [0.3, 0.4) is 0 Å². The molecular weight excluding hydrogens is 338 g/mol. The summed E-state index contributed by atoms with van der Waals surface area (Å²) in [6.45, 7) is 2.83. The van der Waals surface area contributed by atoms with Crippen molar-refractivity contribution in [3.05, 3.63) is 12.4 Å². The van der Waals surface area contributed by atoms with Crippen LogP contribution in [0.25, 0.3) is 10.9 Å². The third kappa shape index (κ3) is 4.07. The van der Waals surface area contributed by atoms with Crippen LogP contribution in [-0.2, 0) is 9.53 Å². The Bertz CT molecular complexity index is 766. The standard InChI is InChI=1S/C18H25N3O5/c1-6-26-14(22)8-7-9-21(2)18-12-10-13(23-3)16(24-4)17(25-5)15(12)19-11-20-18/h10-11H,6-9H2,1-5H3. The monoisotopic (exact) mass is 363 g/mol. The molecule has 0 aliphatic heterocycles. The molecule has 0 radical (unpaired) electrons. The van der Waals surface area contributed by atoms with E-state index in [-0.39, 0.29) is 5.97 Å². The second-order valence-electron chi connectivity index (χ2n) is 5.57. The Labute approximate surface area is 153 Å². The van der Waals surface area contributed by atoms with Crippen LogP contribution in [0, 0.1) is 0 Å². The molecule has 0 aliphatic carbocycles. The minimum Gasteiger partial charge on any atom is -0.493 e. The van der Waals surface area contributed by atoms with E-state index >= 15 is 0 Å². The Balaban J connectivity index is 2.34. The van der Waals surface area contributed by atoms with Crippen LogP contribution in [0.5, 0.6) is 17.2 Å². The van der Waals surface area contributed by atoms with Crippen molar-refractivity contribution in [2.75, 3.05) is 46.4 Å². The van der Waals surface area contributed by atoms with Crippen LogP contribution in [-0.4, -0.2) is 57.5 Å². The molecule has 26 heavy (non-hydrogen) atoms. The third-order valence-corrected chi connectivity index (χ3v) is 3.95. The number of hydrogen-bond donors (Lipinski definition) is 0. The lowest BCUT2D eigenvalue weighted by atomic mass is 10.1. The van der Waals surface area contributed by atoms with E-state index in [4.69, 9.17) is 18.9 Å². The van der Waals surface area contributed by atoms with Crippen molar-refractivity contribution in [1.82, 2.24) is 9.97 Å². The SMILES string of the molecule is CCOC(=O)CCCN(C)c1ncnc2c(OC)c(OC)c(OC)cc12. The average Bonchev–Trinajstić information content (AvgIpc) is 2.65. The van der Waals surface area contributed by atoms with Gasteiger partial charge in [0.2, 0.25) is 5.75 Å². The number of methoxy groups -OCH3 is 3. The lowest BCUT2D eigenvalue weighted by Crippen LogP contribution is -2.21. The number of benzene rings is 1. The van der Waals surface area contributed by atoms with E-state index in [1.54, 1.807) is 28.3 Å². The van der Waals surface area contributed by atoms with Crippen molar-refractivity contribution in [3.63, 3.8) is 0 Å². The smallest absolute Gasteiger partial charge is 0.305 e. The molecule has 0 N–H and O–H groups in total. The van der Waals surface area contributed by atoms with Gasteiger partial charge in [-0.2, -0.15) is 0 Å². The van der Waals surface area contributed by atoms with E-state index in [0.29, 0.717) is 48.8 Å². The molecule has 142 valence electrons. The van der Waals surface area contributed by atoms with Crippen LogP contribution in [0.4, 0.5) is 5.82 Å². The molecule has 1 aromatic carbocycles. The number of esters is 1. The minimum atomic E-state index is -0.193. The van der Waals surface area contributed by atoms with Crippen molar-refractivity contribution in [2.24, 2.45) is 0 Å². The molecule has 0 saturated heterocycles. The number of fused-ring (bicyclic) bond motifs is 1. The largest absolute Gasteiger partial charge is 0.493 e. The van der Waals surface area contributed by atoms with Gasteiger partial charge in [0.05, 0.1) is 33.3 Å². The summed E-state index contributed by atoms with van der Waals surface area (Å²) in [6, 6.07) is 1.83. The topological polar surface area (TPSA) is 83.0 Å². The summed E-state index contributed by atoms with van der Waals surface area (Å²) in [7, 11) is 6.59. The number of nitrogens with zero attached hydrogens (tertiary/aromatic N) is 3. The van der Waals surface area contributed by atoms with E-state index in [2.05, 4.69) is 9.97 Å². The normalized spacial score (nSPS) is 10.5. The summed E-state index contributed by atoms with van der Waals surface area (Å²) in [5.41, 5.74) is 0.632. The van der Waals surface area contributed by atoms with Crippen molar-refractivity contribution < 1.29 is 23.7 Å². The maximum Gasteiger partial charge on any atom is 0.305 e. The van der Waals surface area contributed by atoms with Crippen molar-refractivity contribution in [1.29, 1.82) is 0 Å². The molecule has 0 unspecified atom stereocenters. The van der Waals surface area contributed by atoms with E-state index in [1.165, 1.54) is 6.33 Å². The Morgan fingerprint density at radius 3 is 2.46 bits per heavy atom. The second-order valence-corrected chi connectivity index (χ2v) is 5.57. The summed E-state index contributed by atoms with van der Waals surface area (Å²) >= 11 is 0. The summed E-state index contributed by atoms with van der Waals surface area (Å²) in [5.74, 6) is 2.04. The molecule has 1 aromatic heterocycles. The molecule has 8 heteroatoms. The number of aromatic nitrogens is 2. The van der Waals surface area contributed by atoms with Gasteiger partial charge in [-0.3, -0.25) is 4.79 Å². The Hall–Kier alpha value is -2.77. The van der Waals surface area contributed by atoms with Crippen LogP contribution in [0.2, 0.25) is 0 Å². The first-order chi connectivity index (χ1) is 12.6. The lowest BCUT2D eigenvalue weighted by Gasteiger charge is -2.21. The van der Waals surface area contributed by atoms with Gasteiger partial charge >= 0.3 is 5.97 Å². The minimum absolute atomic E-state index is 0.193. The van der Waals surface area contributed by atoms with Crippen LogP contribution in [0.1, 0.15) is 19.8 Å². The van der Waals surface area contributed by atoms with Gasteiger partial charge in [-0.15, -0.1) is 0 Å². The molecule has 0 fully saturated rings. The fraction of sp³-hybridized carbons (Fsp3) is 0.500. The molecule has 1 heterocycles. The van der Waals surface area contributed by atoms with Gasteiger partial charge in [-0.05, 0) is 19.4 Å². The van der Waals surface area contributed by atoms with E-state index in [1.807, 2.05) is 18.0 Å². The molecule has 0 bridgehead atoms. The highest BCUT2D eigenvalue weighted by atomic mass is 16.5. The van der Waals surface area contributed by atoms with Gasteiger partial charge in [0.25, 0.3) is 0 Å². The first-order valence-electron chi connectivity index (χ1n) is 8.37. The van der Waals surface area contributed by atoms with Crippen molar-refractivity contribution in [3.8, 4) is 17.2 Å². The Kier molecular flexibility index (Phi) is 6.82. The maximum atomic E-state index is 11.5. The highest BCUT2D eigenvalue weighted by molar-refractivity contribution is 5.96. The summed E-state index contributed by atoms with van der Waals surface area (Å²) < 4.78 is 21.3. The van der Waals surface area contributed by atoms with Gasteiger partial charge < -0.3 is 23.8 Å². The van der Waals surface area contributed by atoms with Gasteiger partial charge in [0.1, 0.15) is 17.7 Å². The average molecular weight is 363 g/mol. The second kappa shape index (κ2) is 9.07. The maximum absolute atomic E-state index is 11.5. The van der Waals surface area contributed by atoms with E-state index in [0.717, 1.165) is 11.2 Å². The number of ether oxygens (including phenoxy) is 4. The molecule has 0 amide bonds. The van der Waals surface area contributed by atoms with Gasteiger partial charge in [-0.25, -0.2) is 9.97 Å². The number of rotatable bonds is 9. The predicted octanol–water partition coefficient (Wildman–Crippen LogP) is 2.44. The molecule has 0 saturated carbocycles. The molecule has 0 atom stereocenters. The highest BCUT2D eigenvalue weighted by Gasteiger charge is 2.20. The van der Waals surface area contributed by atoms with Gasteiger partial charge in [0, 0.05) is 20.0 Å². The Morgan fingerprint density at radius 1 is 1.12 bits per heavy atom. The van der Waals surface area contributed by atoms with Crippen molar-refractivity contribution in [2.45, 2.75) is 19.8 Å². The van der Waals surface area contributed by atoms with Crippen LogP contribution in [0.15, 0.2) is 12.4 Å². The molecule has 2 rings (SSSR count). The fourth-order valence-electron chi connectivity index (χ4n) is 2.75. The number of carbonyl (C=O) groups excluding carboxylic acids is 1. The zero-order chi connectivity index (χ0) is 19.1. The zero-order valence-electron chi connectivity index (χ0n) is 15.9. The lowest BCUT2D eigenvalue weighted by molar-refractivity contribution is -0.143. The third-order valence-electron chi connectivity index (χ3n) is 3.95. The number of anilines is 1. The van der Waals surface area contributed by atoms with Crippen molar-refractivity contribution >= 4 is 22.7 Å². The van der Waals surface area contributed by atoms with Crippen LogP contribution >= 0.6 is 0 Å². The first-order valence-corrected chi connectivity index (χ1v) is 8.37. The number of carbonyl (C=O) groups is 1. The number of hydrogen-bond acceptors (Lipinski definition) is 8. The van der Waals surface area contributed by atoms with Gasteiger partial charge in [-0.1, -0.05) is 0 Å². The van der Waals surface area contributed by atoms with Gasteiger partial charge in [0.15, 0.2) is 11.5 Å². The first kappa shape index (κ1) is 19.6. The zero-order valence-corrected chi connectivity index (χ0v) is 15.9. The van der Waals surface area contributed by atoms with Crippen LogP contribution < -0.4 is 19.1 Å². The summed E-state index contributed by atoms with van der Waals surface area (Å²) in [5, 5.41) is 0.778. The summed E-state index contributed by atoms with van der Waals surface area (Å²) in [4.78, 5) is 22.2. The molecule has 2 aromatic rings.